The van der Waals surface area contributed by atoms with Crippen molar-refractivity contribution >= 4 is 15.9 Å². The van der Waals surface area contributed by atoms with Gasteiger partial charge in [-0.15, -0.1) is 0 Å². The number of nitrogens with zero attached hydrogens (tertiary/aromatic N) is 2. The van der Waals surface area contributed by atoms with Crippen molar-refractivity contribution in [3.8, 4) is 5.88 Å². The molecule has 82 valence electrons. The van der Waals surface area contributed by atoms with E-state index in [9.17, 15) is 0 Å². The highest BCUT2D eigenvalue weighted by atomic mass is 79.9. The van der Waals surface area contributed by atoms with Crippen molar-refractivity contribution in [1.29, 1.82) is 0 Å². The third-order valence-electron chi connectivity index (χ3n) is 2.56. The quantitative estimate of drug-likeness (QED) is 0.821. The monoisotopic (exact) mass is 270 g/mol. The highest BCUT2D eigenvalue weighted by Gasteiger charge is 2.25. The van der Waals surface area contributed by atoms with Crippen molar-refractivity contribution < 1.29 is 4.74 Å². The number of ether oxygens (including phenoxy) is 1. The average molecular weight is 271 g/mol. The topological polar surface area (TPSA) is 25.4 Å². The summed E-state index contributed by atoms with van der Waals surface area (Å²) in [7, 11) is 2.15. The summed E-state index contributed by atoms with van der Waals surface area (Å²) in [5.74, 6) is 0.697. The first-order valence-electron chi connectivity index (χ1n) is 5.20. The summed E-state index contributed by atoms with van der Waals surface area (Å²) >= 11 is 3.34. The molecule has 1 aliphatic rings. The lowest BCUT2D eigenvalue weighted by atomic mass is 10.5. The fraction of sp³-hybridized carbons (Fsp3) is 0.545. The molecule has 1 aromatic rings. The van der Waals surface area contributed by atoms with Gasteiger partial charge in [0.2, 0.25) is 5.88 Å². The van der Waals surface area contributed by atoms with Crippen LogP contribution in [0.4, 0.5) is 0 Å². The van der Waals surface area contributed by atoms with E-state index in [0.29, 0.717) is 12.5 Å². The van der Waals surface area contributed by atoms with Crippen LogP contribution in [-0.2, 0) is 0 Å². The minimum absolute atomic E-state index is 0.697. The van der Waals surface area contributed by atoms with E-state index in [4.69, 9.17) is 4.74 Å². The van der Waals surface area contributed by atoms with Gasteiger partial charge in [0, 0.05) is 29.3 Å². The molecule has 1 aromatic heterocycles. The standard InChI is InChI=1S/C11H15BrN2O/c1-14(10-3-4-10)6-7-15-11-5-2-9(12)8-13-11/h2,5,8,10H,3-4,6-7H2,1H3. The lowest BCUT2D eigenvalue weighted by Crippen LogP contribution is -2.26. The second kappa shape index (κ2) is 4.94. The Morgan fingerprint density at radius 3 is 2.93 bits per heavy atom. The van der Waals surface area contributed by atoms with Gasteiger partial charge in [0.1, 0.15) is 6.61 Å². The van der Waals surface area contributed by atoms with Gasteiger partial charge in [0.25, 0.3) is 0 Å². The lowest BCUT2D eigenvalue weighted by Gasteiger charge is -2.15. The third-order valence-corrected chi connectivity index (χ3v) is 3.03. The first-order valence-corrected chi connectivity index (χ1v) is 5.99. The summed E-state index contributed by atoms with van der Waals surface area (Å²) in [5.41, 5.74) is 0. The highest BCUT2D eigenvalue weighted by Crippen LogP contribution is 2.24. The number of aromatic nitrogens is 1. The first kappa shape index (κ1) is 10.9. The van der Waals surface area contributed by atoms with Crippen LogP contribution < -0.4 is 4.74 Å². The molecule has 1 saturated carbocycles. The van der Waals surface area contributed by atoms with Crippen LogP contribution in [0.25, 0.3) is 0 Å². The SMILES string of the molecule is CN(CCOc1ccc(Br)cn1)C1CC1. The molecule has 0 atom stereocenters. The molecule has 4 heteroatoms. The molecular formula is C11H15BrN2O. The van der Waals surface area contributed by atoms with E-state index in [-0.39, 0.29) is 0 Å². The summed E-state index contributed by atoms with van der Waals surface area (Å²) in [6, 6.07) is 4.61. The van der Waals surface area contributed by atoms with Crippen LogP contribution in [0.3, 0.4) is 0 Å². The third kappa shape index (κ3) is 3.47. The smallest absolute Gasteiger partial charge is 0.213 e. The molecule has 1 fully saturated rings. The summed E-state index contributed by atoms with van der Waals surface area (Å²) in [6.45, 7) is 1.68. The highest BCUT2D eigenvalue weighted by molar-refractivity contribution is 9.10. The minimum Gasteiger partial charge on any atom is -0.476 e. The van der Waals surface area contributed by atoms with Gasteiger partial charge in [-0.3, -0.25) is 0 Å². The van der Waals surface area contributed by atoms with Crippen LogP contribution in [0.15, 0.2) is 22.8 Å². The Bertz CT molecular complexity index is 311. The zero-order valence-corrected chi connectivity index (χ0v) is 10.4. The molecule has 1 aliphatic carbocycles. The van der Waals surface area contributed by atoms with E-state index in [1.165, 1.54) is 12.8 Å². The predicted molar refractivity (Wildman–Crippen MR) is 63.1 cm³/mol. The van der Waals surface area contributed by atoms with Crippen LogP contribution >= 0.6 is 15.9 Å². The van der Waals surface area contributed by atoms with Crippen molar-refractivity contribution in [3.05, 3.63) is 22.8 Å². The fourth-order valence-corrected chi connectivity index (χ4v) is 1.67. The molecule has 1 heterocycles. The number of pyridine rings is 1. The number of rotatable bonds is 5. The second-order valence-corrected chi connectivity index (χ2v) is 4.79. The van der Waals surface area contributed by atoms with Gasteiger partial charge in [-0.25, -0.2) is 4.98 Å². The molecule has 2 rings (SSSR count). The molecule has 15 heavy (non-hydrogen) atoms. The van der Waals surface area contributed by atoms with Crippen molar-refractivity contribution in [2.24, 2.45) is 0 Å². The fourth-order valence-electron chi connectivity index (χ4n) is 1.44. The summed E-state index contributed by atoms with van der Waals surface area (Å²) in [6.07, 6.45) is 4.43. The molecule has 0 aromatic carbocycles. The number of hydrogen-bond donors (Lipinski definition) is 0. The van der Waals surface area contributed by atoms with Crippen LogP contribution in [0.2, 0.25) is 0 Å². The van der Waals surface area contributed by atoms with E-state index in [2.05, 4.69) is 32.9 Å². The van der Waals surface area contributed by atoms with Gasteiger partial charge in [-0.1, -0.05) is 0 Å². The molecule has 0 amide bonds. The van der Waals surface area contributed by atoms with Crippen LogP contribution in [-0.4, -0.2) is 36.1 Å². The Labute approximate surface area is 98.6 Å². The Balaban J connectivity index is 1.70. The molecule has 0 aliphatic heterocycles. The number of hydrogen-bond acceptors (Lipinski definition) is 3. The van der Waals surface area contributed by atoms with Crippen molar-refractivity contribution in [3.63, 3.8) is 0 Å². The number of likely N-dealkylation sites (N-methyl/N-ethyl adjacent to an activating group) is 1. The Hall–Kier alpha value is -0.610. The van der Waals surface area contributed by atoms with Crippen LogP contribution in [0.1, 0.15) is 12.8 Å². The zero-order valence-electron chi connectivity index (χ0n) is 8.82. The van der Waals surface area contributed by atoms with Gasteiger partial charge >= 0.3 is 0 Å². The Morgan fingerprint density at radius 2 is 2.33 bits per heavy atom. The largest absolute Gasteiger partial charge is 0.476 e. The summed E-state index contributed by atoms with van der Waals surface area (Å²) in [4.78, 5) is 6.49. The van der Waals surface area contributed by atoms with E-state index in [1.54, 1.807) is 6.20 Å². The van der Waals surface area contributed by atoms with E-state index >= 15 is 0 Å². The Morgan fingerprint density at radius 1 is 1.53 bits per heavy atom. The summed E-state index contributed by atoms with van der Waals surface area (Å²) < 4.78 is 6.51. The zero-order chi connectivity index (χ0) is 10.7. The van der Waals surface area contributed by atoms with Crippen LogP contribution in [0, 0.1) is 0 Å². The molecule has 0 unspecified atom stereocenters. The van der Waals surface area contributed by atoms with Crippen molar-refractivity contribution in [2.45, 2.75) is 18.9 Å². The van der Waals surface area contributed by atoms with Crippen molar-refractivity contribution in [2.75, 3.05) is 20.2 Å². The maximum absolute atomic E-state index is 5.54. The molecule has 0 saturated heterocycles. The van der Waals surface area contributed by atoms with Gasteiger partial charge in [-0.2, -0.15) is 0 Å². The van der Waals surface area contributed by atoms with Crippen molar-refractivity contribution in [1.82, 2.24) is 9.88 Å². The van der Waals surface area contributed by atoms with E-state index < -0.39 is 0 Å². The predicted octanol–water partition coefficient (Wildman–Crippen LogP) is 2.32. The van der Waals surface area contributed by atoms with E-state index in [1.807, 2.05) is 12.1 Å². The maximum atomic E-state index is 5.54. The van der Waals surface area contributed by atoms with Gasteiger partial charge in [-0.05, 0) is 41.9 Å². The molecule has 0 radical (unpaired) electrons. The summed E-state index contributed by atoms with van der Waals surface area (Å²) in [5, 5.41) is 0. The van der Waals surface area contributed by atoms with E-state index in [0.717, 1.165) is 17.1 Å². The van der Waals surface area contributed by atoms with Crippen LogP contribution in [0.5, 0.6) is 5.88 Å². The average Bonchev–Trinajstić information content (AvgIpc) is 3.04. The lowest BCUT2D eigenvalue weighted by molar-refractivity contribution is 0.226. The normalized spacial score (nSPS) is 15.7. The van der Waals surface area contributed by atoms with Gasteiger partial charge in [0.05, 0.1) is 0 Å². The molecular weight excluding hydrogens is 256 g/mol. The van der Waals surface area contributed by atoms with Gasteiger partial charge in [0.15, 0.2) is 0 Å². The molecule has 0 N–H and O–H groups in total. The molecule has 0 spiro atoms. The maximum Gasteiger partial charge on any atom is 0.213 e. The number of halogens is 1. The minimum atomic E-state index is 0.697. The Kier molecular flexibility index (Phi) is 3.59. The first-order chi connectivity index (χ1) is 7.25. The molecule has 0 bridgehead atoms. The molecule has 3 nitrogen and oxygen atoms in total. The second-order valence-electron chi connectivity index (χ2n) is 3.87. The van der Waals surface area contributed by atoms with Gasteiger partial charge < -0.3 is 9.64 Å².